The second-order valence-corrected chi connectivity index (χ2v) is 3.31. The van der Waals surface area contributed by atoms with E-state index < -0.39 is 0 Å². The van der Waals surface area contributed by atoms with Crippen LogP contribution in [0.1, 0.15) is 18.3 Å². The molecule has 0 aliphatic rings. The first kappa shape index (κ1) is 8.51. The summed E-state index contributed by atoms with van der Waals surface area (Å²) < 4.78 is 0. The summed E-state index contributed by atoms with van der Waals surface area (Å²) in [5, 5.41) is 1.50. The molecule has 0 radical (unpaired) electrons. The van der Waals surface area contributed by atoms with E-state index in [4.69, 9.17) is 11.6 Å². The van der Waals surface area contributed by atoms with Gasteiger partial charge in [-0.2, -0.15) is 0 Å². The van der Waals surface area contributed by atoms with Crippen molar-refractivity contribution in [2.24, 2.45) is 0 Å². The topological polar surface area (TPSA) is 41.6 Å². The molecule has 0 unspecified atom stereocenters. The smallest absolute Gasteiger partial charge is 0.142 e. The van der Waals surface area contributed by atoms with Gasteiger partial charge in [-0.1, -0.05) is 18.5 Å². The van der Waals surface area contributed by atoms with Gasteiger partial charge in [-0.25, -0.2) is 9.97 Å². The van der Waals surface area contributed by atoms with E-state index in [0.29, 0.717) is 11.0 Å². The maximum absolute atomic E-state index is 6.02. The van der Waals surface area contributed by atoms with Crippen molar-refractivity contribution in [2.45, 2.75) is 20.3 Å². The molecule has 4 heteroatoms. The third-order valence-electron chi connectivity index (χ3n) is 2.06. The number of hydrogen-bond donors (Lipinski definition) is 1. The van der Waals surface area contributed by atoms with Gasteiger partial charge in [0.2, 0.25) is 0 Å². The monoisotopic (exact) mass is 195 g/mol. The summed E-state index contributed by atoms with van der Waals surface area (Å²) in [6, 6.07) is 0. The second-order valence-electron chi connectivity index (χ2n) is 2.95. The van der Waals surface area contributed by atoms with Crippen molar-refractivity contribution in [1.82, 2.24) is 15.0 Å². The molecule has 13 heavy (non-hydrogen) atoms. The van der Waals surface area contributed by atoms with Gasteiger partial charge in [-0.05, 0) is 18.9 Å². The van der Waals surface area contributed by atoms with Crippen molar-refractivity contribution >= 4 is 22.6 Å². The minimum absolute atomic E-state index is 0.542. The number of aromatic amines is 1. The fraction of sp³-hybridized carbons (Fsp3) is 0.333. The number of nitrogens with zero attached hydrogens (tertiary/aromatic N) is 2. The summed E-state index contributed by atoms with van der Waals surface area (Å²) in [6.07, 6.45) is 2.87. The molecule has 0 atom stereocenters. The number of nitrogens with one attached hydrogen (secondary N) is 1. The second kappa shape index (κ2) is 3.00. The molecule has 2 heterocycles. The molecule has 0 aliphatic heterocycles. The maximum Gasteiger partial charge on any atom is 0.142 e. The Hall–Kier alpha value is -1.09. The van der Waals surface area contributed by atoms with Gasteiger partial charge < -0.3 is 4.98 Å². The molecule has 3 nitrogen and oxygen atoms in total. The predicted octanol–water partition coefficient (Wildman–Crippen LogP) is 2.48. The van der Waals surface area contributed by atoms with Crippen LogP contribution in [0.5, 0.6) is 0 Å². The summed E-state index contributed by atoms with van der Waals surface area (Å²) in [7, 11) is 0. The first-order valence-corrected chi connectivity index (χ1v) is 4.60. The Kier molecular flexibility index (Phi) is 1.96. The van der Waals surface area contributed by atoms with Crippen molar-refractivity contribution in [2.75, 3.05) is 0 Å². The highest BCUT2D eigenvalue weighted by Gasteiger charge is 2.08. The van der Waals surface area contributed by atoms with Crippen molar-refractivity contribution in [1.29, 1.82) is 0 Å². The van der Waals surface area contributed by atoms with E-state index in [0.717, 1.165) is 17.5 Å². The van der Waals surface area contributed by atoms with Gasteiger partial charge in [-0.3, -0.25) is 0 Å². The van der Waals surface area contributed by atoms with Crippen LogP contribution < -0.4 is 0 Å². The van der Waals surface area contributed by atoms with E-state index in [9.17, 15) is 0 Å². The fourth-order valence-corrected chi connectivity index (χ4v) is 1.77. The number of hydrogen-bond acceptors (Lipinski definition) is 2. The summed E-state index contributed by atoms with van der Waals surface area (Å²) in [5.41, 5.74) is 1.99. The number of aromatic nitrogens is 3. The third-order valence-corrected chi connectivity index (χ3v) is 2.34. The molecule has 1 N–H and O–H groups in total. The van der Waals surface area contributed by atoms with Crippen molar-refractivity contribution < 1.29 is 0 Å². The van der Waals surface area contributed by atoms with E-state index in [1.165, 1.54) is 5.56 Å². The Morgan fingerprint density at radius 2 is 2.23 bits per heavy atom. The van der Waals surface area contributed by atoms with Crippen LogP contribution in [0.25, 0.3) is 11.0 Å². The molecule has 0 amide bonds. The van der Waals surface area contributed by atoms with Gasteiger partial charge in [0.15, 0.2) is 0 Å². The van der Waals surface area contributed by atoms with Gasteiger partial charge in [0.25, 0.3) is 0 Å². The lowest BCUT2D eigenvalue weighted by atomic mass is 10.2. The lowest BCUT2D eigenvalue weighted by Gasteiger charge is -1.97. The SMILES string of the molecule is CCc1c[nH]c2nc(C)nc(Cl)c12. The molecule has 0 saturated heterocycles. The quantitative estimate of drug-likeness (QED) is 0.711. The standard InChI is InChI=1S/C9H10ClN3/c1-3-6-4-11-9-7(6)8(10)12-5(2)13-9/h4H,3H2,1-2H3,(H,11,12,13). The number of fused-ring (bicyclic) bond motifs is 1. The third kappa shape index (κ3) is 1.29. The van der Waals surface area contributed by atoms with Gasteiger partial charge in [0.05, 0.1) is 5.39 Å². The molecular formula is C9H10ClN3. The Morgan fingerprint density at radius 1 is 1.46 bits per heavy atom. The number of aryl methyl sites for hydroxylation is 2. The summed E-state index contributed by atoms with van der Waals surface area (Å²) in [6.45, 7) is 3.91. The largest absolute Gasteiger partial charge is 0.346 e. The van der Waals surface area contributed by atoms with Crippen LogP contribution in [0.15, 0.2) is 6.20 Å². The van der Waals surface area contributed by atoms with Crippen LogP contribution in [-0.4, -0.2) is 15.0 Å². The van der Waals surface area contributed by atoms with Crippen LogP contribution in [0.2, 0.25) is 5.15 Å². The van der Waals surface area contributed by atoms with Gasteiger partial charge in [0, 0.05) is 6.20 Å². The van der Waals surface area contributed by atoms with Crippen molar-refractivity contribution in [3.05, 3.63) is 22.7 Å². The van der Waals surface area contributed by atoms with Crippen molar-refractivity contribution in [3.8, 4) is 0 Å². The highest BCUT2D eigenvalue weighted by molar-refractivity contribution is 6.34. The molecule has 0 bridgehead atoms. The number of halogens is 1. The Bertz CT molecular complexity index is 447. The summed E-state index contributed by atoms with van der Waals surface area (Å²) >= 11 is 6.02. The Balaban J connectivity index is 2.82. The Labute approximate surface area is 81.2 Å². The Morgan fingerprint density at radius 3 is 2.92 bits per heavy atom. The molecule has 2 aromatic rings. The summed E-state index contributed by atoms with van der Waals surface area (Å²) in [5.74, 6) is 0.696. The zero-order valence-electron chi connectivity index (χ0n) is 7.56. The molecule has 0 aliphatic carbocycles. The normalized spacial score (nSPS) is 11.0. The van der Waals surface area contributed by atoms with Crippen LogP contribution in [0, 0.1) is 6.92 Å². The fourth-order valence-electron chi connectivity index (χ4n) is 1.43. The first-order chi connectivity index (χ1) is 6.22. The van der Waals surface area contributed by atoms with Crippen LogP contribution in [0.3, 0.4) is 0 Å². The molecule has 68 valence electrons. The maximum atomic E-state index is 6.02. The molecule has 2 aromatic heterocycles. The van der Waals surface area contributed by atoms with E-state index in [1.54, 1.807) is 0 Å². The minimum atomic E-state index is 0.542. The minimum Gasteiger partial charge on any atom is -0.346 e. The lowest BCUT2D eigenvalue weighted by molar-refractivity contribution is 1.08. The first-order valence-electron chi connectivity index (χ1n) is 4.22. The molecular weight excluding hydrogens is 186 g/mol. The van der Waals surface area contributed by atoms with Crippen LogP contribution in [-0.2, 0) is 6.42 Å². The zero-order valence-corrected chi connectivity index (χ0v) is 8.31. The zero-order chi connectivity index (χ0) is 9.42. The van der Waals surface area contributed by atoms with Gasteiger partial charge in [0.1, 0.15) is 16.6 Å². The molecule has 2 rings (SSSR count). The van der Waals surface area contributed by atoms with Crippen LogP contribution in [0.4, 0.5) is 0 Å². The molecule has 0 spiro atoms. The predicted molar refractivity (Wildman–Crippen MR) is 53.0 cm³/mol. The average Bonchev–Trinajstić information content (AvgIpc) is 2.47. The van der Waals surface area contributed by atoms with Gasteiger partial charge >= 0.3 is 0 Å². The highest BCUT2D eigenvalue weighted by atomic mass is 35.5. The number of rotatable bonds is 1. The van der Waals surface area contributed by atoms with E-state index in [2.05, 4.69) is 21.9 Å². The lowest BCUT2D eigenvalue weighted by Crippen LogP contribution is -1.89. The van der Waals surface area contributed by atoms with Crippen molar-refractivity contribution in [3.63, 3.8) is 0 Å². The summed E-state index contributed by atoms with van der Waals surface area (Å²) in [4.78, 5) is 11.5. The van der Waals surface area contributed by atoms with E-state index in [1.807, 2.05) is 13.1 Å². The highest BCUT2D eigenvalue weighted by Crippen LogP contribution is 2.23. The van der Waals surface area contributed by atoms with Gasteiger partial charge in [-0.15, -0.1) is 0 Å². The van der Waals surface area contributed by atoms with E-state index >= 15 is 0 Å². The number of H-pyrrole nitrogens is 1. The van der Waals surface area contributed by atoms with E-state index in [-0.39, 0.29) is 0 Å². The molecule has 0 fully saturated rings. The molecule has 0 saturated carbocycles. The van der Waals surface area contributed by atoms with Crippen LogP contribution >= 0.6 is 11.6 Å². The average molecular weight is 196 g/mol. The molecule has 0 aromatic carbocycles.